The molecule has 126 valence electrons. The van der Waals surface area contributed by atoms with Crippen molar-refractivity contribution >= 4 is 58.7 Å². The van der Waals surface area contributed by atoms with Gasteiger partial charge in [0, 0.05) is 0 Å². The first-order chi connectivity index (χ1) is 11.5. The third-order valence-corrected chi connectivity index (χ3v) is 8.54. The second kappa shape index (κ2) is 7.81. The van der Waals surface area contributed by atoms with Gasteiger partial charge in [-0.3, -0.25) is 0 Å². The van der Waals surface area contributed by atoms with Crippen molar-refractivity contribution in [2.45, 2.75) is 32.6 Å². The molecule has 4 nitrogen and oxygen atoms in total. The summed E-state index contributed by atoms with van der Waals surface area (Å²) in [7, 11) is 0. The number of benzene rings is 1. The number of hydrogen-bond acceptors (Lipinski definition) is 4. The van der Waals surface area contributed by atoms with Crippen LogP contribution in [0.15, 0.2) is 24.4 Å². The first kappa shape index (κ1) is 17.7. The number of anilines is 1. The molecule has 1 aliphatic rings. The molecular formula is C17H18AsClN2O2S. The molecule has 0 spiro atoms. The molecule has 1 saturated carbocycles. The first-order valence-corrected chi connectivity index (χ1v) is 11.2. The quantitative estimate of drug-likeness (QED) is 0.750. The van der Waals surface area contributed by atoms with Crippen LogP contribution in [0.2, 0.25) is 5.02 Å². The van der Waals surface area contributed by atoms with Gasteiger partial charge >= 0.3 is 157 Å². The number of amides is 1. The summed E-state index contributed by atoms with van der Waals surface area (Å²) < 4.78 is 1.20. The average molecular weight is 425 g/mol. The zero-order valence-electron chi connectivity index (χ0n) is 13.3. The summed E-state index contributed by atoms with van der Waals surface area (Å²) in [5.41, 5.74) is 1.53. The van der Waals surface area contributed by atoms with Crippen LogP contribution in [0.5, 0.6) is 0 Å². The minimum absolute atomic E-state index is 0.227. The molecule has 1 amide bonds. The molecule has 2 aromatic rings. The van der Waals surface area contributed by atoms with Gasteiger partial charge in [0.25, 0.3) is 0 Å². The summed E-state index contributed by atoms with van der Waals surface area (Å²) >= 11 is 6.56. The molecule has 1 aliphatic carbocycles. The summed E-state index contributed by atoms with van der Waals surface area (Å²) in [5.74, 6) is 0.00631. The van der Waals surface area contributed by atoms with Crippen molar-refractivity contribution in [1.29, 1.82) is 0 Å². The van der Waals surface area contributed by atoms with Gasteiger partial charge < -0.3 is 0 Å². The Bertz CT molecular complexity index is 751. The molecular weight excluding hydrogens is 407 g/mol. The van der Waals surface area contributed by atoms with Crippen LogP contribution in [0.25, 0.3) is 0 Å². The zero-order chi connectivity index (χ0) is 17.1. The number of carbonyl (C=O) groups is 2. The molecule has 1 aromatic carbocycles. The number of aryl methyl sites for hydroxylation is 1. The van der Waals surface area contributed by atoms with E-state index >= 15 is 0 Å². The number of aromatic nitrogens is 1. The topological polar surface area (TPSA) is 59.1 Å². The molecule has 1 aromatic heterocycles. The van der Waals surface area contributed by atoms with Crippen molar-refractivity contribution in [3.8, 4) is 0 Å². The molecule has 3 rings (SSSR count). The number of hydrogen-bond donors (Lipinski definition) is 1. The fourth-order valence-corrected chi connectivity index (χ4v) is 6.96. The van der Waals surface area contributed by atoms with Crippen LogP contribution in [-0.4, -0.2) is 31.2 Å². The van der Waals surface area contributed by atoms with Gasteiger partial charge in [-0.25, -0.2) is 0 Å². The molecule has 0 radical (unpaired) electrons. The first-order valence-electron chi connectivity index (χ1n) is 7.88. The fourth-order valence-electron chi connectivity index (χ4n) is 2.80. The maximum atomic E-state index is 12.4. The number of nitrogens with one attached hydrogen (secondary N) is 1. The van der Waals surface area contributed by atoms with Crippen molar-refractivity contribution in [1.82, 2.24) is 4.98 Å². The number of nitrogens with zero attached hydrogens (tertiary/aromatic N) is 1. The van der Waals surface area contributed by atoms with Crippen molar-refractivity contribution < 1.29 is 9.59 Å². The molecule has 24 heavy (non-hydrogen) atoms. The summed E-state index contributed by atoms with van der Waals surface area (Å²) in [5, 5.41) is 3.36. The van der Waals surface area contributed by atoms with Crippen LogP contribution in [0, 0.1) is 12.8 Å². The number of para-hydroxylation sites is 1. The third-order valence-electron chi connectivity index (χ3n) is 4.15. The average Bonchev–Trinajstić information content (AvgIpc) is 3.22. The Morgan fingerprint density at radius 1 is 1.33 bits per heavy atom. The van der Waals surface area contributed by atoms with E-state index in [2.05, 4.69) is 10.3 Å². The summed E-state index contributed by atoms with van der Waals surface area (Å²) in [6.07, 6.45) is 5.92. The van der Waals surface area contributed by atoms with Gasteiger partial charge in [-0.05, 0) is 0 Å². The van der Waals surface area contributed by atoms with Gasteiger partial charge in [0.15, 0.2) is 0 Å². The molecule has 0 bridgehead atoms. The standard InChI is InChI=1S/C17H18AsClN2O2S/c1-10-5-4-8-12(19)14(10)21-16(23)13-9-20-17(24-13)18-15(22)11-6-2-3-7-11/h4-5,8-9,11,18H,2-3,6-7H2,1H3,(H,21,23). The molecule has 0 aliphatic heterocycles. The molecule has 1 heterocycles. The normalized spacial score (nSPS) is 15.2. The maximum absolute atomic E-state index is 12.4. The Kier molecular flexibility index (Phi) is 5.75. The summed E-state index contributed by atoms with van der Waals surface area (Å²) in [6.45, 7) is 1.89. The van der Waals surface area contributed by atoms with Crippen molar-refractivity contribution in [2.75, 3.05) is 5.32 Å². The predicted molar refractivity (Wildman–Crippen MR) is 100 cm³/mol. The van der Waals surface area contributed by atoms with Crippen LogP contribution >= 0.6 is 22.9 Å². The molecule has 1 unspecified atom stereocenters. The molecule has 1 atom stereocenters. The van der Waals surface area contributed by atoms with Crippen molar-refractivity contribution in [2.24, 2.45) is 5.92 Å². The van der Waals surface area contributed by atoms with E-state index < -0.39 is 15.8 Å². The van der Waals surface area contributed by atoms with Crippen LogP contribution in [0.1, 0.15) is 40.9 Å². The summed E-state index contributed by atoms with van der Waals surface area (Å²) in [4.78, 5) is 29.5. The minimum atomic E-state index is -0.913. The van der Waals surface area contributed by atoms with E-state index in [0.717, 1.165) is 35.0 Å². The monoisotopic (exact) mass is 424 g/mol. The SMILES string of the molecule is Cc1cccc(Cl)c1NC(=O)c1cnc([AsH]C(=O)C2CCCC2)s1. The van der Waals surface area contributed by atoms with Gasteiger partial charge in [0.05, 0.1) is 0 Å². The molecule has 7 heteroatoms. The van der Waals surface area contributed by atoms with Crippen LogP contribution in [-0.2, 0) is 4.79 Å². The van der Waals surface area contributed by atoms with Gasteiger partial charge in [0.1, 0.15) is 0 Å². The van der Waals surface area contributed by atoms with E-state index in [1.165, 1.54) is 11.3 Å². The Morgan fingerprint density at radius 3 is 2.79 bits per heavy atom. The fraction of sp³-hybridized carbons (Fsp3) is 0.353. The van der Waals surface area contributed by atoms with Crippen molar-refractivity contribution in [3.63, 3.8) is 0 Å². The Morgan fingerprint density at radius 2 is 2.08 bits per heavy atom. The number of halogens is 1. The van der Waals surface area contributed by atoms with E-state index in [-0.39, 0.29) is 11.8 Å². The van der Waals surface area contributed by atoms with E-state index in [1.54, 1.807) is 12.3 Å². The number of carbonyl (C=O) groups excluding carboxylic acids is 2. The number of rotatable bonds is 5. The van der Waals surface area contributed by atoms with E-state index in [4.69, 9.17) is 11.6 Å². The van der Waals surface area contributed by atoms with Crippen molar-refractivity contribution in [3.05, 3.63) is 39.9 Å². The second-order valence-corrected chi connectivity index (χ2v) is 10.6. The van der Waals surface area contributed by atoms with E-state index in [1.807, 2.05) is 19.1 Å². The van der Waals surface area contributed by atoms with Crippen LogP contribution < -0.4 is 9.11 Å². The van der Waals surface area contributed by atoms with Gasteiger partial charge in [-0.15, -0.1) is 0 Å². The number of thiazole rings is 1. The second-order valence-electron chi connectivity index (χ2n) is 5.89. The summed E-state index contributed by atoms with van der Waals surface area (Å²) in [6, 6.07) is 5.48. The van der Waals surface area contributed by atoms with Gasteiger partial charge in [-0.1, -0.05) is 0 Å². The zero-order valence-corrected chi connectivity index (χ0v) is 16.9. The Balaban J connectivity index is 1.66. The Labute approximate surface area is 156 Å². The van der Waals surface area contributed by atoms with Crippen LogP contribution in [0.4, 0.5) is 5.69 Å². The van der Waals surface area contributed by atoms with E-state index in [0.29, 0.717) is 20.2 Å². The van der Waals surface area contributed by atoms with E-state index in [9.17, 15) is 9.59 Å². The molecule has 1 fully saturated rings. The van der Waals surface area contributed by atoms with Crippen LogP contribution in [0.3, 0.4) is 0 Å². The predicted octanol–water partition coefficient (Wildman–Crippen LogP) is 3.14. The van der Waals surface area contributed by atoms with Gasteiger partial charge in [-0.2, -0.15) is 0 Å². The van der Waals surface area contributed by atoms with Gasteiger partial charge in [0.2, 0.25) is 0 Å². The third kappa shape index (κ3) is 4.08. The molecule has 0 saturated heterocycles. The molecule has 1 N–H and O–H groups in total. The Hall–Kier alpha value is -1.16.